The van der Waals surface area contributed by atoms with Gasteiger partial charge in [0.1, 0.15) is 12.1 Å². The van der Waals surface area contributed by atoms with Crippen LogP contribution in [0.5, 0.6) is 0 Å². The number of nitrogens with one attached hydrogen (secondary N) is 1. The van der Waals surface area contributed by atoms with Crippen molar-refractivity contribution in [1.29, 1.82) is 5.26 Å². The molecule has 0 aliphatic carbocycles. The second-order valence-electron chi connectivity index (χ2n) is 6.22. The number of nitriles is 1. The number of carbonyl (C=O) groups is 2. The van der Waals surface area contributed by atoms with Gasteiger partial charge in [-0.1, -0.05) is 38.8 Å². The highest BCUT2D eigenvalue weighted by atomic mass is 16.4. The van der Waals surface area contributed by atoms with Gasteiger partial charge >= 0.3 is 0 Å². The first kappa shape index (κ1) is 20.7. The molecule has 1 rings (SSSR count). The van der Waals surface area contributed by atoms with Crippen molar-refractivity contribution in [3.05, 3.63) is 29.8 Å². The molecule has 6 heteroatoms. The fourth-order valence-corrected chi connectivity index (χ4v) is 2.69. The minimum absolute atomic E-state index is 0.188. The maximum Gasteiger partial charge on any atom is 0.230 e. The predicted octanol–water partition coefficient (Wildman–Crippen LogP) is 0.785. The first-order valence-corrected chi connectivity index (χ1v) is 8.84. The van der Waals surface area contributed by atoms with E-state index in [2.05, 4.69) is 19.2 Å². The molecule has 1 amide bonds. The van der Waals surface area contributed by atoms with Crippen LogP contribution in [0.25, 0.3) is 0 Å². The molecule has 25 heavy (non-hydrogen) atoms. The number of carboxylic acid groups (broad SMARTS) is 1. The number of nitrogens with zero attached hydrogens (tertiary/aromatic N) is 1. The van der Waals surface area contributed by atoms with Crippen LogP contribution in [0.4, 0.5) is 5.69 Å². The molecule has 1 aromatic carbocycles. The average molecular weight is 345 g/mol. The summed E-state index contributed by atoms with van der Waals surface area (Å²) in [4.78, 5) is 23.5. The number of quaternary nitrogens is 1. The third-order valence-corrected chi connectivity index (χ3v) is 4.33. The maximum absolute atomic E-state index is 12.2. The van der Waals surface area contributed by atoms with Gasteiger partial charge in [0.2, 0.25) is 5.91 Å². The molecule has 0 aliphatic rings. The van der Waals surface area contributed by atoms with Crippen LogP contribution in [0, 0.1) is 17.2 Å². The Hall–Kier alpha value is -2.39. The number of rotatable bonds is 11. The minimum atomic E-state index is -1.24. The number of amides is 1. The highest BCUT2D eigenvalue weighted by Gasteiger charge is 2.20. The Morgan fingerprint density at radius 1 is 1.32 bits per heavy atom. The lowest BCUT2D eigenvalue weighted by atomic mass is 9.99. The Kier molecular flexibility index (Phi) is 9.26. The van der Waals surface area contributed by atoms with Gasteiger partial charge in [-0.2, -0.15) is 5.26 Å². The highest BCUT2D eigenvalue weighted by Crippen LogP contribution is 2.14. The van der Waals surface area contributed by atoms with Crippen molar-refractivity contribution in [3.63, 3.8) is 0 Å². The summed E-state index contributed by atoms with van der Waals surface area (Å²) in [6.45, 7) is 4.88. The molecule has 136 valence electrons. The largest absolute Gasteiger partial charge is 0.544 e. The van der Waals surface area contributed by atoms with Gasteiger partial charge in [-0.15, -0.1) is 0 Å². The molecule has 0 saturated carbocycles. The summed E-state index contributed by atoms with van der Waals surface area (Å²) >= 11 is 0. The van der Waals surface area contributed by atoms with Gasteiger partial charge in [0.25, 0.3) is 0 Å². The van der Waals surface area contributed by atoms with Gasteiger partial charge in [0.05, 0.1) is 30.2 Å². The number of anilines is 1. The zero-order chi connectivity index (χ0) is 18.7. The Morgan fingerprint density at radius 2 is 2.04 bits per heavy atom. The van der Waals surface area contributed by atoms with E-state index in [0.717, 1.165) is 25.7 Å². The molecule has 0 spiro atoms. The van der Waals surface area contributed by atoms with Gasteiger partial charge in [-0.25, -0.2) is 0 Å². The summed E-state index contributed by atoms with van der Waals surface area (Å²) in [5.74, 6) is -1.24. The Balaban J connectivity index is 2.60. The lowest BCUT2D eigenvalue weighted by molar-refractivity contribution is -0.687. The summed E-state index contributed by atoms with van der Waals surface area (Å²) < 4.78 is 0. The molecule has 1 aromatic rings. The molecule has 3 N–H and O–H groups in total. The Bertz CT molecular complexity index is 610. The number of para-hydroxylation sites is 1. The van der Waals surface area contributed by atoms with E-state index in [1.807, 2.05) is 6.07 Å². The molecule has 0 saturated heterocycles. The highest BCUT2D eigenvalue weighted by molar-refractivity contribution is 5.94. The lowest BCUT2D eigenvalue weighted by Crippen LogP contribution is -2.94. The number of benzene rings is 1. The van der Waals surface area contributed by atoms with Crippen LogP contribution in [0.2, 0.25) is 0 Å². The van der Waals surface area contributed by atoms with E-state index in [1.165, 1.54) is 0 Å². The van der Waals surface area contributed by atoms with Crippen LogP contribution in [-0.4, -0.2) is 24.5 Å². The molecule has 0 heterocycles. The number of hydrogen-bond acceptors (Lipinski definition) is 4. The van der Waals surface area contributed by atoms with E-state index in [1.54, 1.807) is 29.6 Å². The molecule has 0 radical (unpaired) electrons. The zero-order valence-corrected chi connectivity index (χ0v) is 15.0. The fraction of sp³-hybridized carbons (Fsp3) is 0.526. The molecular weight excluding hydrogens is 318 g/mol. The number of hydrogen-bond donors (Lipinski definition) is 2. The first-order valence-electron chi connectivity index (χ1n) is 8.84. The summed E-state index contributed by atoms with van der Waals surface area (Å²) in [5, 5.41) is 24.7. The lowest BCUT2D eigenvalue weighted by Gasteiger charge is -2.20. The Labute approximate surface area is 149 Å². The quantitative estimate of drug-likeness (QED) is 0.617. The average Bonchev–Trinajstić information content (AvgIpc) is 2.61. The summed E-state index contributed by atoms with van der Waals surface area (Å²) in [5.41, 5.74) is 0.733. The number of aliphatic carboxylic acids is 1. The predicted molar refractivity (Wildman–Crippen MR) is 93.3 cm³/mol. The van der Waals surface area contributed by atoms with Gasteiger partial charge < -0.3 is 20.5 Å². The van der Waals surface area contributed by atoms with Gasteiger partial charge in [0, 0.05) is 5.92 Å². The second kappa shape index (κ2) is 11.2. The van der Waals surface area contributed by atoms with E-state index in [9.17, 15) is 14.7 Å². The maximum atomic E-state index is 12.2. The van der Waals surface area contributed by atoms with E-state index < -0.39 is 17.9 Å². The van der Waals surface area contributed by atoms with Crippen molar-refractivity contribution in [1.82, 2.24) is 0 Å². The van der Waals surface area contributed by atoms with Gasteiger partial charge in [-0.05, 0) is 25.0 Å². The number of unbranched alkanes of at least 4 members (excludes halogenated alkanes) is 1. The minimum Gasteiger partial charge on any atom is -0.544 e. The third kappa shape index (κ3) is 7.36. The van der Waals surface area contributed by atoms with E-state index in [0.29, 0.717) is 23.7 Å². The standard InChI is InChI=1S/C19H27N3O3/c1-3-5-8-14(4-2)13-21-17(19(24)25)11-18(23)22-16-10-7-6-9-15(16)12-20/h6-7,9-10,14,17,21H,3-5,8,11,13H2,1-2H3,(H,22,23)(H,24,25)/t14-,17+/m0/s1. The molecular formula is C19H27N3O3. The fourth-order valence-electron chi connectivity index (χ4n) is 2.69. The molecule has 0 unspecified atom stereocenters. The summed E-state index contributed by atoms with van der Waals surface area (Å²) in [6.07, 6.45) is 4.09. The summed E-state index contributed by atoms with van der Waals surface area (Å²) in [7, 11) is 0. The SMILES string of the molecule is CCCC[C@H](CC)C[NH2+][C@H](CC(=O)Nc1ccccc1C#N)C(=O)[O-]. The molecule has 0 bridgehead atoms. The smallest absolute Gasteiger partial charge is 0.230 e. The van der Waals surface area contributed by atoms with E-state index in [4.69, 9.17) is 5.26 Å². The van der Waals surface area contributed by atoms with Crippen LogP contribution >= 0.6 is 0 Å². The molecule has 0 aromatic heterocycles. The van der Waals surface area contributed by atoms with E-state index in [-0.39, 0.29) is 6.42 Å². The zero-order valence-electron chi connectivity index (χ0n) is 15.0. The van der Waals surface area contributed by atoms with Crippen molar-refractivity contribution in [2.24, 2.45) is 5.92 Å². The molecule has 0 fully saturated rings. The van der Waals surface area contributed by atoms with Gasteiger partial charge in [0.15, 0.2) is 0 Å². The number of carboxylic acids is 1. The van der Waals surface area contributed by atoms with Crippen molar-refractivity contribution >= 4 is 17.6 Å². The third-order valence-electron chi connectivity index (χ3n) is 4.33. The molecule has 0 aliphatic heterocycles. The van der Waals surface area contributed by atoms with Crippen LogP contribution in [-0.2, 0) is 9.59 Å². The first-order chi connectivity index (χ1) is 12.0. The van der Waals surface area contributed by atoms with Crippen molar-refractivity contribution < 1.29 is 20.0 Å². The van der Waals surface area contributed by atoms with Crippen LogP contribution in [0.1, 0.15) is 51.5 Å². The van der Waals surface area contributed by atoms with E-state index >= 15 is 0 Å². The topological polar surface area (TPSA) is 110 Å². The summed E-state index contributed by atoms with van der Waals surface area (Å²) in [6, 6.07) is 7.69. The van der Waals surface area contributed by atoms with Crippen molar-refractivity contribution in [2.45, 2.75) is 52.0 Å². The van der Waals surface area contributed by atoms with Crippen LogP contribution in [0.15, 0.2) is 24.3 Å². The van der Waals surface area contributed by atoms with Crippen molar-refractivity contribution in [3.8, 4) is 6.07 Å². The van der Waals surface area contributed by atoms with Crippen LogP contribution < -0.4 is 15.7 Å². The molecule has 6 nitrogen and oxygen atoms in total. The Morgan fingerprint density at radius 3 is 2.64 bits per heavy atom. The number of nitrogens with two attached hydrogens (primary N) is 1. The monoisotopic (exact) mass is 345 g/mol. The molecule has 2 atom stereocenters. The van der Waals surface area contributed by atoms with Gasteiger partial charge in [-0.3, -0.25) is 4.79 Å². The number of carbonyl (C=O) groups excluding carboxylic acids is 2. The second-order valence-corrected chi connectivity index (χ2v) is 6.22. The van der Waals surface area contributed by atoms with Crippen LogP contribution in [0.3, 0.4) is 0 Å². The normalized spacial score (nSPS) is 12.8. The van der Waals surface area contributed by atoms with Crippen molar-refractivity contribution in [2.75, 3.05) is 11.9 Å².